The SMILES string of the molecule is Cc1cc2c(NCCCc3cccc(Cl)c3)nc(C(F)(F)F)nc2s1. The molecule has 0 saturated carbocycles. The number of aryl methyl sites for hydroxylation is 2. The summed E-state index contributed by atoms with van der Waals surface area (Å²) in [6.07, 6.45) is -3.05. The predicted octanol–water partition coefficient (Wildman–Crippen LogP) is 5.72. The molecule has 132 valence electrons. The van der Waals surface area contributed by atoms with Gasteiger partial charge in [-0.3, -0.25) is 0 Å². The second-order valence-electron chi connectivity index (χ2n) is 5.63. The average Bonchev–Trinajstić information content (AvgIpc) is 2.91. The van der Waals surface area contributed by atoms with Crippen LogP contribution in [0.4, 0.5) is 19.0 Å². The van der Waals surface area contributed by atoms with Gasteiger partial charge < -0.3 is 5.32 Å². The molecule has 1 aromatic carbocycles. The molecule has 0 spiro atoms. The minimum atomic E-state index is -4.57. The van der Waals surface area contributed by atoms with Crippen molar-refractivity contribution in [3.8, 4) is 0 Å². The molecule has 0 amide bonds. The summed E-state index contributed by atoms with van der Waals surface area (Å²) in [7, 11) is 0. The summed E-state index contributed by atoms with van der Waals surface area (Å²) in [5, 5.41) is 4.32. The van der Waals surface area contributed by atoms with Crippen molar-refractivity contribution >= 4 is 39.0 Å². The van der Waals surface area contributed by atoms with Crippen molar-refractivity contribution < 1.29 is 13.2 Å². The number of nitrogens with one attached hydrogen (secondary N) is 1. The minimum absolute atomic E-state index is 0.229. The second-order valence-corrected chi connectivity index (χ2v) is 7.30. The summed E-state index contributed by atoms with van der Waals surface area (Å²) >= 11 is 7.17. The fourth-order valence-electron chi connectivity index (χ4n) is 2.50. The first-order chi connectivity index (χ1) is 11.8. The number of fused-ring (bicyclic) bond motifs is 1. The van der Waals surface area contributed by atoms with Crippen LogP contribution in [-0.2, 0) is 12.6 Å². The van der Waals surface area contributed by atoms with Crippen LogP contribution in [0.3, 0.4) is 0 Å². The zero-order valence-electron chi connectivity index (χ0n) is 13.3. The van der Waals surface area contributed by atoms with Crippen LogP contribution in [0.15, 0.2) is 30.3 Å². The molecule has 25 heavy (non-hydrogen) atoms. The fraction of sp³-hybridized carbons (Fsp3) is 0.294. The first-order valence-corrected chi connectivity index (χ1v) is 8.86. The van der Waals surface area contributed by atoms with Crippen molar-refractivity contribution in [1.29, 1.82) is 0 Å². The summed E-state index contributed by atoms with van der Waals surface area (Å²) in [6.45, 7) is 2.34. The van der Waals surface area contributed by atoms with Gasteiger partial charge in [0.25, 0.3) is 0 Å². The third-order valence-corrected chi connectivity index (χ3v) is 4.77. The third-order valence-electron chi connectivity index (χ3n) is 3.59. The summed E-state index contributed by atoms with van der Waals surface area (Å²) in [6, 6.07) is 9.34. The van der Waals surface area contributed by atoms with E-state index in [1.54, 1.807) is 12.1 Å². The maximum Gasteiger partial charge on any atom is 0.451 e. The van der Waals surface area contributed by atoms with Crippen molar-refractivity contribution in [2.45, 2.75) is 25.9 Å². The Bertz CT molecular complexity index is 892. The molecule has 0 atom stereocenters. The largest absolute Gasteiger partial charge is 0.451 e. The highest BCUT2D eigenvalue weighted by molar-refractivity contribution is 7.18. The van der Waals surface area contributed by atoms with Crippen LogP contribution in [0.1, 0.15) is 22.7 Å². The molecule has 0 bridgehead atoms. The van der Waals surface area contributed by atoms with Crippen molar-refractivity contribution in [3.63, 3.8) is 0 Å². The number of halogens is 4. The van der Waals surface area contributed by atoms with Gasteiger partial charge in [0.2, 0.25) is 5.82 Å². The molecule has 0 saturated heterocycles. The number of nitrogens with zero attached hydrogens (tertiary/aromatic N) is 2. The lowest BCUT2D eigenvalue weighted by Crippen LogP contribution is -2.13. The Morgan fingerprint density at radius 2 is 2.00 bits per heavy atom. The first kappa shape index (κ1) is 17.9. The molecule has 3 nitrogen and oxygen atoms in total. The zero-order valence-corrected chi connectivity index (χ0v) is 14.9. The molecule has 2 heterocycles. The molecule has 0 aliphatic carbocycles. The van der Waals surface area contributed by atoms with Crippen LogP contribution in [0.5, 0.6) is 0 Å². The molecule has 8 heteroatoms. The Balaban J connectivity index is 1.74. The minimum Gasteiger partial charge on any atom is -0.369 e. The van der Waals surface area contributed by atoms with E-state index in [2.05, 4.69) is 15.3 Å². The van der Waals surface area contributed by atoms with Gasteiger partial charge in [-0.15, -0.1) is 11.3 Å². The molecule has 3 aromatic rings. The van der Waals surface area contributed by atoms with E-state index in [1.165, 1.54) is 11.3 Å². The van der Waals surface area contributed by atoms with Crippen molar-refractivity contribution in [2.24, 2.45) is 0 Å². The van der Waals surface area contributed by atoms with Crippen LogP contribution in [0.2, 0.25) is 5.02 Å². The second kappa shape index (κ2) is 7.17. The summed E-state index contributed by atoms with van der Waals surface area (Å²) in [5.74, 6) is -0.882. The van der Waals surface area contributed by atoms with E-state index in [0.29, 0.717) is 21.8 Å². The molecule has 0 aliphatic heterocycles. The van der Waals surface area contributed by atoms with E-state index in [4.69, 9.17) is 11.6 Å². The molecular weight excluding hydrogens is 371 g/mol. The number of benzene rings is 1. The quantitative estimate of drug-likeness (QED) is 0.571. The van der Waals surface area contributed by atoms with E-state index < -0.39 is 12.0 Å². The van der Waals surface area contributed by atoms with Gasteiger partial charge in [-0.1, -0.05) is 23.7 Å². The molecule has 2 aromatic heterocycles. The Hall–Kier alpha value is -1.86. The van der Waals surface area contributed by atoms with Gasteiger partial charge in [0.05, 0.1) is 5.39 Å². The van der Waals surface area contributed by atoms with E-state index in [-0.39, 0.29) is 5.82 Å². The lowest BCUT2D eigenvalue weighted by molar-refractivity contribution is -0.144. The molecule has 0 aliphatic rings. The van der Waals surface area contributed by atoms with Gasteiger partial charge in [-0.25, -0.2) is 9.97 Å². The number of hydrogen-bond donors (Lipinski definition) is 1. The van der Waals surface area contributed by atoms with Crippen LogP contribution < -0.4 is 5.32 Å². The molecular formula is C17H15ClF3N3S. The van der Waals surface area contributed by atoms with E-state index >= 15 is 0 Å². The van der Waals surface area contributed by atoms with E-state index in [1.807, 2.05) is 25.1 Å². The Kier molecular flexibility index (Phi) is 5.15. The van der Waals surface area contributed by atoms with Crippen LogP contribution in [0.25, 0.3) is 10.2 Å². The smallest absolute Gasteiger partial charge is 0.369 e. The van der Waals surface area contributed by atoms with Crippen molar-refractivity contribution in [2.75, 3.05) is 11.9 Å². The number of rotatable bonds is 5. The Morgan fingerprint density at radius 1 is 1.20 bits per heavy atom. The zero-order chi connectivity index (χ0) is 18.0. The maximum absolute atomic E-state index is 13.0. The highest BCUT2D eigenvalue weighted by Crippen LogP contribution is 2.33. The van der Waals surface area contributed by atoms with Crippen molar-refractivity contribution in [3.05, 3.63) is 51.6 Å². The standard InChI is InChI=1S/C17H15ClF3N3S/c1-10-8-13-14(23-16(17(19,20)21)24-15(13)25-10)22-7-3-5-11-4-2-6-12(18)9-11/h2,4,6,8-9H,3,5,7H2,1H3,(H,22,23,24). The monoisotopic (exact) mass is 385 g/mol. The topological polar surface area (TPSA) is 37.8 Å². The number of anilines is 1. The van der Waals surface area contributed by atoms with Gasteiger partial charge in [-0.05, 0) is 43.5 Å². The molecule has 0 unspecified atom stereocenters. The van der Waals surface area contributed by atoms with Gasteiger partial charge in [0, 0.05) is 16.4 Å². The maximum atomic E-state index is 13.0. The Labute approximate surface area is 151 Å². The summed E-state index contributed by atoms with van der Waals surface area (Å²) < 4.78 is 39.0. The number of thiophene rings is 1. The van der Waals surface area contributed by atoms with Crippen LogP contribution in [0, 0.1) is 6.92 Å². The van der Waals surface area contributed by atoms with Crippen LogP contribution >= 0.6 is 22.9 Å². The van der Waals surface area contributed by atoms with Crippen molar-refractivity contribution in [1.82, 2.24) is 9.97 Å². The summed E-state index contributed by atoms with van der Waals surface area (Å²) in [4.78, 5) is 8.56. The van der Waals surface area contributed by atoms with Gasteiger partial charge in [-0.2, -0.15) is 13.2 Å². The lowest BCUT2D eigenvalue weighted by Gasteiger charge is -2.10. The fourth-order valence-corrected chi connectivity index (χ4v) is 3.59. The highest BCUT2D eigenvalue weighted by atomic mass is 35.5. The predicted molar refractivity (Wildman–Crippen MR) is 95.4 cm³/mol. The molecule has 3 rings (SSSR count). The van der Waals surface area contributed by atoms with Gasteiger partial charge >= 0.3 is 6.18 Å². The van der Waals surface area contributed by atoms with Crippen LogP contribution in [-0.4, -0.2) is 16.5 Å². The molecule has 0 radical (unpaired) electrons. The Morgan fingerprint density at radius 3 is 2.72 bits per heavy atom. The average molecular weight is 386 g/mol. The van der Waals surface area contributed by atoms with Gasteiger partial charge in [0.1, 0.15) is 10.6 Å². The van der Waals surface area contributed by atoms with E-state index in [0.717, 1.165) is 23.3 Å². The molecule has 0 fully saturated rings. The van der Waals surface area contributed by atoms with Gasteiger partial charge in [0.15, 0.2) is 0 Å². The lowest BCUT2D eigenvalue weighted by atomic mass is 10.1. The third kappa shape index (κ3) is 4.41. The molecule has 1 N–H and O–H groups in total. The summed E-state index contributed by atoms with van der Waals surface area (Å²) in [5.41, 5.74) is 1.09. The highest BCUT2D eigenvalue weighted by Gasteiger charge is 2.35. The number of aromatic nitrogens is 2. The van der Waals surface area contributed by atoms with E-state index in [9.17, 15) is 13.2 Å². The normalized spacial score (nSPS) is 11.9. The first-order valence-electron chi connectivity index (χ1n) is 7.66. The number of alkyl halides is 3. The number of hydrogen-bond acceptors (Lipinski definition) is 4.